The van der Waals surface area contributed by atoms with Crippen molar-refractivity contribution in [1.82, 2.24) is 9.97 Å². The minimum Gasteiger partial charge on any atom is -0.497 e. The molecule has 0 saturated carbocycles. The van der Waals surface area contributed by atoms with E-state index < -0.39 is 31.1 Å². The van der Waals surface area contributed by atoms with Gasteiger partial charge in [0, 0.05) is 6.54 Å². The molecule has 5 N–H and O–H groups in total. The maximum absolute atomic E-state index is 10.0. The van der Waals surface area contributed by atoms with Crippen LogP contribution >= 0.6 is 0 Å². The molecule has 1 unspecified atom stereocenters. The van der Waals surface area contributed by atoms with Crippen molar-refractivity contribution in [3.05, 3.63) is 41.7 Å². The number of aliphatic hydroxyl groups excluding tert-OH is 3. The van der Waals surface area contributed by atoms with Gasteiger partial charge < -0.3 is 35.4 Å². The number of nitrogens with zero attached hydrogens (tertiary/aromatic N) is 3. The molecule has 1 aromatic heterocycles. The van der Waals surface area contributed by atoms with Crippen molar-refractivity contribution in [3.8, 4) is 11.8 Å². The summed E-state index contributed by atoms with van der Waals surface area (Å²) in [5.41, 5.74) is 1.09. The van der Waals surface area contributed by atoms with Crippen molar-refractivity contribution >= 4 is 11.6 Å². The maximum atomic E-state index is 10.0. The molecule has 0 radical (unpaired) electrons. The fraction of sp³-hybridized carbons (Fsp3) is 0.389. The van der Waals surface area contributed by atoms with Gasteiger partial charge in [0.2, 0.25) is 0 Å². The maximum Gasteiger partial charge on any atom is 0.158 e. The third-order valence-electron chi connectivity index (χ3n) is 4.40. The fourth-order valence-corrected chi connectivity index (χ4v) is 2.82. The van der Waals surface area contributed by atoms with Gasteiger partial charge in [-0.25, -0.2) is 9.97 Å². The number of hydrogen-bond donors (Lipinski definition) is 5. The third-order valence-corrected chi connectivity index (χ3v) is 4.40. The smallest absolute Gasteiger partial charge is 0.158 e. The van der Waals surface area contributed by atoms with Crippen molar-refractivity contribution in [2.24, 2.45) is 0 Å². The summed E-state index contributed by atoms with van der Waals surface area (Å²) in [6.45, 7) is -0.0249. The summed E-state index contributed by atoms with van der Waals surface area (Å²) in [5.74, 6) is 1.20. The van der Waals surface area contributed by atoms with Crippen molar-refractivity contribution in [1.29, 1.82) is 5.26 Å². The number of benzene rings is 1. The topological polar surface area (TPSA) is 153 Å². The normalized spacial score (nSPS) is 23.8. The summed E-state index contributed by atoms with van der Waals surface area (Å²) in [7, 11) is 1.59. The van der Waals surface area contributed by atoms with E-state index in [1.54, 1.807) is 7.11 Å². The summed E-state index contributed by atoms with van der Waals surface area (Å²) >= 11 is 0. The summed E-state index contributed by atoms with van der Waals surface area (Å²) < 4.78 is 10.5. The van der Waals surface area contributed by atoms with E-state index in [9.17, 15) is 20.6 Å². The van der Waals surface area contributed by atoms with Gasteiger partial charge >= 0.3 is 0 Å². The molecule has 2 aromatic rings. The highest BCUT2D eigenvalue weighted by Gasteiger charge is 2.42. The van der Waals surface area contributed by atoms with Gasteiger partial charge in [-0.1, -0.05) is 12.1 Å². The molecule has 0 aliphatic carbocycles. The third kappa shape index (κ3) is 4.13. The highest BCUT2D eigenvalue weighted by atomic mass is 16.6. The number of nitrogens with one attached hydrogen (secondary N) is 2. The minimum absolute atomic E-state index is 0.133. The molecule has 10 heteroatoms. The predicted octanol–water partition coefficient (Wildman–Crippen LogP) is -0.180. The SMILES string of the molecule is COc1ccc(CNc2ncnc(NC3O[C@H](CO)[C@@H](O)[C@H]3O)c2C#N)cc1. The van der Waals surface area contributed by atoms with Crippen LogP contribution in [-0.4, -0.2) is 63.5 Å². The van der Waals surface area contributed by atoms with E-state index >= 15 is 0 Å². The Balaban J connectivity index is 1.73. The predicted molar refractivity (Wildman–Crippen MR) is 98.5 cm³/mol. The van der Waals surface area contributed by atoms with E-state index in [4.69, 9.17) is 9.47 Å². The van der Waals surface area contributed by atoms with Crippen molar-refractivity contribution in [2.75, 3.05) is 24.4 Å². The van der Waals surface area contributed by atoms with Crippen LogP contribution in [0.25, 0.3) is 0 Å². The van der Waals surface area contributed by atoms with Gasteiger partial charge in [-0.15, -0.1) is 0 Å². The zero-order valence-corrected chi connectivity index (χ0v) is 15.1. The Morgan fingerprint density at radius 3 is 2.50 bits per heavy atom. The fourth-order valence-electron chi connectivity index (χ4n) is 2.82. The molecule has 0 bridgehead atoms. The standard InChI is InChI=1S/C18H21N5O5/c1-27-11-4-2-10(3-5-11)7-20-16-12(6-19)17(22-9-21-16)23-18-15(26)14(25)13(8-24)28-18/h2-5,9,13-15,18,24-26H,7-8H2,1H3,(H2,20,21,22,23)/t13-,14-,15-,18?/m1/s1. The van der Waals surface area contributed by atoms with Gasteiger partial charge in [-0.05, 0) is 17.7 Å². The van der Waals surface area contributed by atoms with Gasteiger partial charge in [0.25, 0.3) is 0 Å². The van der Waals surface area contributed by atoms with Crippen molar-refractivity contribution < 1.29 is 24.8 Å². The van der Waals surface area contributed by atoms with Gasteiger partial charge in [-0.2, -0.15) is 5.26 Å². The first-order chi connectivity index (χ1) is 13.6. The molecule has 1 aliphatic heterocycles. The van der Waals surface area contributed by atoms with Gasteiger partial charge in [0.15, 0.2) is 12.0 Å². The average molecular weight is 387 g/mol. The number of aliphatic hydroxyl groups is 3. The molecule has 148 valence electrons. The minimum atomic E-state index is -1.28. The number of aromatic nitrogens is 2. The highest BCUT2D eigenvalue weighted by molar-refractivity contribution is 5.64. The summed E-state index contributed by atoms with van der Waals surface area (Å²) in [6, 6.07) is 9.46. The second kappa shape index (κ2) is 8.81. The first-order valence-electron chi connectivity index (χ1n) is 8.58. The lowest BCUT2D eigenvalue weighted by Gasteiger charge is -2.18. The van der Waals surface area contributed by atoms with E-state index in [2.05, 4.69) is 20.6 Å². The highest BCUT2D eigenvalue weighted by Crippen LogP contribution is 2.26. The molecule has 1 aliphatic rings. The summed E-state index contributed by atoms with van der Waals surface area (Å²) in [4.78, 5) is 8.12. The lowest BCUT2D eigenvalue weighted by molar-refractivity contribution is -0.0154. The van der Waals surface area contributed by atoms with E-state index in [0.717, 1.165) is 11.3 Å². The lowest BCUT2D eigenvalue weighted by atomic mass is 10.1. The van der Waals surface area contributed by atoms with Gasteiger partial charge in [0.05, 0.1) is 13.7 Å². The van der Waals surface area contributed by atoms with Crippen LogP contribution in [0.4, 0.5) is 11.6 Å². The number of ether oxygens (including phenoxy) is 2. The molecule has 3 rings (SSSR count). The van der Waals surface area contributed by atoms with E-state index in [1.807, 2.05) is 30.3 Å². The molecule has 1 aromatic carbocycles. The molecule has 0 spiro atoms. The molecule has 1 saturated heterocycles. The lowest BCUT2D eigenvalue weighted by Crippen LogP contribution is -2.36. The van der Waals surface area contributed by atoms with Crippen LogP contribution in [-0.2, 0) is 11.3 Å². The summed E-state index contributed by atoms with van der Waals surface area (Å²) in [5, 5.41) is 44.5. The molecule has 1 fully saturated rings. The van der Waals surface area contributed by atoms with Crippen LogP contribution in [0.5, 0.6) is 5.75 Å². The van der Waals surface area contributed by atoms with Crippen LogP contribution in [0.15, 0.2) is 30.6 Å². The first kappa shape index (κ1) is 19.8. The Labute approximate surface area is 161 Å². The molecule has 4 atom stereocenters. The number of nitriles is 1. The van der Waals surface area contributed by atoms with Gasteiger partial charge in [0.1, 0.15) is 47.8 Å². The van der Waals surface area contributed by atoms with Crippen molar-refractivity contribution in [2.45, 2.75) is 31.1 Å². The van der Waals surface area contributed by atoms with E-state index in [0.29, 0.717) is 12.4 Å². The largest absolute Gasteiger partial charge is 0.497 e. The molecule has 28 heavy (non-hydrogen) atoms. The van der Waals surface area contributed by atoms with Crippen LogP contribution in [0.2, 0.25) is 0 Å². The monoisotopic (exact) mass is 387 g/mol. The number of rotatable bonds is 7. The molecular weight excluding hydrogens is 366 g/mol. The average Bonchev–Trinajstić information content (AvgIpc) is 3.00. The first-order valence-corrected chi connectivity index (χ1v) is 8.58. The number of anilines is 2. The molecule has 10 nitrogen and oxygen atoms in total. The summed E-state index contributed by atoms with van der Waals surface area (Å²) in [6.07, 6.45) is -3.21. The van der Waals surface area contributed by atoms with Crippen LogP contribution < -0.4 is 15.4 Å². The van der Waals surface area contributed by atoms with Crippen molar-refractivity contribution in [3.63, 3.8) is 0 Å². The Kier molecular flexibility index (Phi) is 6.23. The molecule has 0 amide bonds. The van der Waals surface area contributed by atoms with E-state index in [-0.39, 0.29) is 11.4 Å². The quantitative estimate of drug-likeness (QED) is 0.432. The Bertz CT molecular complexity index is 841. The van der Waals surface area contributed by atoms with Crippen LogP contribution in [0.3, 0.4) is 0 Å². The molecule has 2 heterocycles. The van der Waals surface area contributed by atoms with E-state index in [1.165, 1.54) is 6.33 Å². The Morgan fingerprint density at radius 2 is 1.89 bits per heavy atom. The molecular formula is C18H21N5O5. The second-order valence-corrected chi connectivity index (χ2v) is 6.16. The zero-order chi connectivity index (χ0) is 20.1. The van der Waals surface area contributed by atoms with Crippen LogP contribution in [0, 0.1) is 11.3 Å². The zero-order valence-electron chi connectivity index (χ0n) is 15.1. The second-order valence-electron chi connectivity index (χ2n) is 6.16. The number of hydrogen-bond acceptors (Lipinski definition) is 10. The van der Waals surface area contributed by atoms with Gasteiger partial charge in [-0.3, -0.25) is 0 Å². The Morgan fingerprint density at radius 1 is 1.18 bits per heavy atom. The Hall–Kier alpha value is -2.97. The number of methoxy groups -OCH3 is 1. The van der Waals surface area contributed by atoms with Crippen LogP contribution in [0.1, 0.15) is 11.1 Å².